The minimum absolute atomic E-state index is 0.129. The lowest BCUT2D eigenvalue weighted by Gasteiger charge is -2.54. The smallest absolute Gasteiger partial charge is 0.163 e. The fourth-order valence-electron chi connectivity index (χ4n) is 5.73. The molecule has 2 aliphatic rings. The molecule has 1 aromatic carbocycles. The SMILES string of the molecule is CNC[C@@H](O)COc1ccc(Cl)c(-c2nc(C(C(C)=O)=C(C)N)c(C)c(N3CC4(CCC(SC)CC4)C3)n2)c1. The van der Waals surface area contributed by atoms with Gasteiger partial charge in [0.15, 0.2) is 11.6 Å². The van der Waals surface area contributed by atoms with Gasteiger partial charge in [-0.25, -0.2) is 9.97 Å². The van der Waals surface area contributed by atoms with E-state index in [4.69, 9.17) is 32.0 Å². The Labute approximate surface area is 240 Å². The van der Waals surface area contributed by atoms with Gasteiger partial charge in [0.25, 0.3) is 0 Å². The van der Waals surface area contributed by atoms with Crippen LogP contribution in [0, 0.1) is 12.3 Å². The minimum atomic E-state index is -0.650. The number of aliphatic hydroxyl groups excluding tert-OH is 1. The number of benzene rings is 1. The van der Waals surface area contributed by atoms with Crippen molar-refractivity contribution in [3.05, 3.63) is 40.2 Å². The molecule has 2 aromatic rings. The number of rotatable bonds is 10. The molecular formula is C29H40ClN5O3S. The maximum absolute atomic E-state index is 12.7. The number of hydrogen-bond donors (Lipinski definition) is 3. The van der Waals surface area contributed by atoms with Crippen LogP contribution in [0.4, 0.5) is 5.82 Å². The van der Waals surface area contributed by atoms with Crippen molar-refractivity contribution >= 4 is 40.5 Å². The number of ether oxygens (including phenoxy) is 1. The number of carbonyl (C=O) groups is 1. The van der Waals surface area contributed by atoms with Gasteiger partial charge in [0, 0.05) is 47.1 Å². The zero-order chi connectivity index (χ0) is 28.3. The van der Waals surface area contributed by atoms with E-state index in [2.05, 4.69) is 16.5 Å². The summed E-state index contributed by atoms with van der Waals surface area (Å²) in [6.07, 6.45) is 6.52. The maximum Gasteiger partial charge on any atom is 0.163 e. The van der Waals surface area contributed by atoms with Gasteiger partial charge in [-0.1, -0.05) is 11.6 Å². The van der Waals surface area contributed by atoms with Crippen molar-refractivity contribution in [2.45, 2.75) is 57.8 Å². The molecule has 1 saturated heterocycles. The number of likely N-dealkylation sites (N-methyl/N-ethyl adjacent to an activating group) is 1. The molecule has 0 radical (unpaired) electrons. The lowest BCUT2D eigenvalue weighted by molar-refractivity contribution is -0.111. The molecule has 2 fully saturated rings. The molecule has 0 bridgehead atoms. The van der Waals surface area contributed by atoms with Crippen LogP contribution in [0.3, 0.4) is 0 Å². The van der Waals surface area contributed by atoms with Crippen molar-refractivity contribution in [2.24, 2.45) is 11.1 Å². The molecule has 4 rings (SSSR count). The Balaban J connectivity index is 1.72. The normalized spacial score (nSPS) is 18.5. The number of nitrogens with one attached hydrogen (secondary N) is 1. The van der Waals surface area contributed by atoms with Crippen LogP contribution in [0.2, 0.25) is 5.02 Å². The Morgan fingerprint density at radius 1 is 1.31 bits per heavy atom. The molecule has 39 heavy (non-hydrogen) atoms. The van der Waals surface area contributed by atoms with E-state index in [9.17, 15) is 9.90 Å². The highest BCUT2D eigenvalue weighted by Crippen LogP contribution is 2.48. The fraction of sp³-hybridized carbons (Fsp3) is 0.552. The van der Waals surface area contributed by atoms with Gasteiger partial charge in [-0.15, -0.1) is 0 Å². The average molecular weight is 574 g/mol. The van der Waals surface area contributed by atoms with Gasteiger partial charge in [0.1, 0.15) is 24.3 Å². The zero-order valence-corrected chi connectivity index (χ0v) is 25.1. The van der Waals surface area contributed by atoms with E-state index in [1.165, 1.54) is 32.6 Å². The van der Waals surface area contributed by atoms with Crippen molar-refractivity contribution in [3.8, 4) is 17.1 Å². The average Bonchev–Trinajstić information content (AvgIpc) is 2.88. The summed E-state index contributed by atoms with van der Waals surface area (Å²) in [5, 5.41) is 14.2. The number of hydrogen-bond acceptors (Lipinski definition) is 9. The number of anilines is 1. The third-order valence-electron chi connectivity index (χ3n) is 7.84. The van der Waals surface area contributed by atoms with Crippen LogP contribution >= 0.6 is 23.4 Å². The van der Waals surface area contributed by atoms with E-state index in [-0.39, 0.29) is 12.4 Å². The predicted octanol–water partition coefficient (Wildman–Crippen LogP) is 4.46. The monoisotopic (exact) mass is 573 g/mol. The molecule has 2 heterocycles. The Bertz CT molecular complexity index is 1230. The van der Waals surface area contributed by atoms with E-state index >= 15 is 0 Å². The second-order valence-electron chi connectivity index (χ2n) is 10.9. The number of aromatic nitrogens is 2. The molecule has 0 unspecified atom stereocenters. The molecular weight excluding hydrogens is 534 g/mol. The van der Waals surface area contributed by atoms with Crippen LogP contribution in [0.15, 0.2) is 23.9 Å². The second kappa shape index (κ2) is 12.5. The van der Waals surface area contributed by atoms with Gasteiger partial charge >= 0.3 is 0 Å². The molecule has 1 aromatic heterocycles. The highest BCUT2D eigenvalue weighted by molar-refractivity contribution is 7.99. The Hall–Kier alpha value is -2.33. The third-order valence-corrected chi connectivity index (χ3v) is 9.31. The first kappa shape index (κ1) is 29.6. The summed E-state index contributed by atoms with van der Waals surface area (Å²) in [7, 11) is 1.77. The summed E-state index contributed by atoms with van der Waals surface area (Å²) in [4.78, 5) is 24.8. The quantitative estimate of drug-likeness (QED) is 0.355. The molecule has 1 saturated carbocycles. The van der Waals surface area contributed by atoms with E-state index in [1.54, 1.807) is 32.2 Å². The highest BCUT2D eigenvalue weighted by Gasteiger charge is 2.46. The molecule has 8 nitrogen and oxygen atoms in total. The van der Waals surface area contributed by atoms with Crippen LogP contribution in [0.1, 0.15) is 50.8 Å². The number of thioether (sulfide) groups is 1. The first-order valence-electron chi connectivity index (χ1n) is 13.5. The largest absolute Gasteiger partial charge is 0.491 e. The summed E-state index contributed by atoms with van der Waals surface area (Å²) in [5.74, 6) is 1.61. The highest BCUT2D eigenvalue weighted by atomic mass is 35.5. The molecule has 0 amide bonds. The van der Waals surface area contributed by atoms with Crippen LogP contribution in [-0.4, -0.2) is 71.8 Å². The number of halogens is 1. The van der Waals surface area contributed by atoms with E-state index in [0.29, 0.717) is 51.1 Å². The number of carbonyl (C=O) groups excluding carboxylic acids is 1. The molecule has 10 heteroatoms. The van der Waals surface area contributed by atoms with E-state index in [0.717, 1.165) is 29.7 Å². The lowest BCUT2D eigenvalue weighted by Crippen LogP contribution is -2.58. The molecule has 1 atom stereocenters. The van der Waals surface area contributed by atoms with Gasteiger partial charge in [-0.3, -0.25) is 4.79 Å². The topological polar surface area (TPSA) is 114 Å². The zero-order valence-electron chi connectivity index (χ0n) is 23.5. The summed E-state index contributed by atoms with van der Waals surface area (Å²) in [5.41, 5.74) is 9.28. The maximum atomic E-state index is 12.7. The first-order valence-corrected chi connectivity index (χ1v) is 15.1. The van der Waals surface area contributed by atoms with Crippen molar-refractivity contribution in [1.29, 1.82) is 0 Å². The molecule has 4 N–H and O–H groups in total. The summed E-state index contributed by atoms with van der Waals surface area (Å²) in [6, 6.07) is 5.27. The van der Waals surface area contributed by atoms with Gasteiger partial charge in [-0.2, -0.15) is 11.8 Å². The van der Waals surface area contributed by atoms with Crippen molar-refractivity contribution in [2.75, 3.05) is 44.4 Å². The fourth-order valence-corrected chi connectivity index (χ4v) is 6.64. The second-order valence-corrected chi connectivity index (χ2v) is 12.5. The van der Waals surface area contributed by atoms with E-state index in [1.807, 2.05) is 18.7 Å². The first-order chi connectivity index (χ1) is 18.6. The number of aliphatic hydroxyl groups is 1. The lowest BCUT2D eigenvalue weighted by atomic mass is 9.68. The van der Waals surface area contributed by atoms with Crippen molar-refractivity contribution in [3.63, 3.8) is 0 Å². The Morgan fingerprint density at radius 3 is 2.59 bits per heavy atom. The van der Waals surface area contributed by atoms with Gasteiger partial charge in [0.2, 0.25) is 0 Å². The number of nitrogens with zero attached hydrogens (tertiary/aromatic N) is 3. The van der Waals surface area contributed by atoms with Crippen LogP contribution in [0.5, 0.6) is 5.75 Å². The summed E-state index contributed by atoms with van der Waals surface area (Å²) in [6.45, 7) is 7.61. The Morgan fingerprint density at radius 2 is 2.00 bits per heavy atom. The summed E-state index contributed by atoms with van der Waals surface area (Å²) >= 11 is 8.63. The Kier molecular flexibility index (Phi) is 9.47. The van der Waals surface area contributed by atoms with Crippen LogP contribution in [-0.2, 0) is 4.79 Å². The van der Waals surface area contributed by atoms with Gasteiger partial charge < -0.3 is 25.8 Å². The molecule has 1 aliphatic carbocycles. The number of allylic oxidation sites excluding steroid dienone is 2. The van der Waals surface area contributed by atoms with Crippen LogP contribution in [0.25, 0.3) is 17.0 Å². The van der Waals surface area contributed by atoms with Crippen LogP contribution < -0.4 is 20.7 Å². The third kappa shape index (κ3) is 6.53. The standard InChI is InChI=1S/C29H40ClN5O3S/c1-17-26(25(18(2)31)19(3)36)33-27(23-12-21(6-7-24(23)30)38-14-20(37)13-32-4)34-28(17)35-15-29(16-35)10-8-22(39-5)9-11-29/h6-7,12,20,22,32,37H,8-11,13-16,31H2,1-5H3/t20-/m1/s1. The van der Waals surface area contributed by atoms with E-state index < -0.39 is 6.10 Å². The minimum Gasteiger partial charge on any atom is -0.491 e. The number of nitrogens with two attached hydrogens (primary N) is 1. The molecule has 212 valence electrons. The van der Waals surface area contributed by atoms with Crippen molar-refractivity contribution in [1.82, 2.24) is 15.3 Å². The number of Topliss-reactive ketones (excluding diaryl/α,β-unsaturated/α-hetero) is 1. The summed E-state index contributed by atoms with van der Waals surface area (Å²) < 4.78 is 5.82. The molecule has 1 spiro atoms. The van der Waals surface area contributed by atoms with Gasteiger partial charge in [0.05, 0.1) is 16.3 Å². The molecule has 1 aliphatic heterocycles. The van der Waals surface area contributed by atoms with Gasteiger partial charge in [-0.05, 0) is 78.0 Å². The predicted molar refractivity (Wildman–Crippen MR) is 161 cm³/mol. The number of ketones is 1. The van der Waals surface area contributed by atoms with Crippen molar-refractivity contribution < 1.29 is 14.6 Å².